The van der Waals surface area contributed by atoms with E-state index in [2.05, 4.69) is 15.5 Å². The van der Waals surface area contributed by atoms with Gasteiger partial charge in [-0.1, -0.05) is 65.7 Å². The van der Waals surface area contributed by atoms with Crippen LogP contribution >= 0.6 is 23.2 Å². The van der Waals surface area contributed by atoms with Gasteiger partial charge in [0.25, 0.3) is 0 Å². The molecule has 0 amide bonds. The van der Waals surface area contributed by atoms with Crippen LogP contribution < -0.4 is 10.1 Å². The first kappa shape index (κ1) is 20.3. The molecule has 0 saturated heterocycles. The van der Waals surface area contributed by atoms with Gasteiger partial charge in [0.1, 0.15) is 11.8 Å². The molecule has 0 radical (unpaired) electrons. The number of aromatic nitrogens is 2. The number of anilines is 1. The van der Waals surface area contributed by atoms with E-state index in [4.69, 9.17) is 32.4 Å². The van der Waals surface area contributed by atoms with Crippen LogP contribution in [0, 0.1) is 6.92 Å². The number of nitrogens with zero attached hydrogens (tertiary/aromatic N) is 2. The first-order valence-corrected chi connectivity index (χ1v) is 10.1. The summed E-state index contributed by atoms with van der Waals surface area (Å²) in [5, 5.41) is 13.2. The van der Waals surface area contributed by atoms with Crippen molar-refractivity contribution in [2.75, 3.05) is 12.4 Å². The van der Waals surface area contributed by atoms with Crippen molar-refractivity contribution in [3.05, 3.63) is 93.8 Å². The van der Waals surface area contributed by atoms with Crippen LogP contribution in [0.15, 0.2) is 71.1 Å². The molecular weight excluding hydrogens is 421 g/mol. The summed E-state index contributed by atoms with van der Waals surface area (Å²) >= 11 is 12.6. The van der Waals surface area contributed by atoms with Gasteiger partial charge in [0, 0.05) is 11.1 Å². The van der Waals surface area contributed by atoms with E-state index < -0.39 is 6.04 Å². The highest BCUT2D eigenvalue weighted by atomic mass is 35.5. The molecule has 0 aliphatic rings. The van der Waals surface area contributed by atoms with E-state index in [1.807, 2.05) is 61.5 Å². The molecule has 1 aromatic heterocycles. The summed E-state index contributed by atoms with van der Waals surface area (Å²) in [4.78, 5) is 0. The fourth-order valence-electron chi connectivity index (χ4n) is 3.13. The van der Waals surface area contributed by atoms with Crippen molar-refractivity contribution in [2.45, 2.75) is 13.0 Å². The second-order valence-electron chi connectivity index (χ2n) is 6.72. The van der Waals surface area contributed by atoms with Crippen molar-refractivity contribution in [1.82, 2.24) is 10.2 Å². The summed E-state index contributed by atoms with van der Waals surface area (Å²) in [7, 11) is 1.60. The molecule has 0 aliphatic carbocycles. The highest BCUT2D eigenvalue weighted by Crippen LogP contribution is 2.36. The zero-order chi connectivity index (χ0) is 21.1. The Morgan fingerprint density at radius 3 is 2.40 bits per heavy atom. The Kier molecular flexibility index (Phi) is 5.93. The molecule has 4 rings (SSSR count). The third kappa shape index (κ3) is 4.13. The topological polar surface area (TPSA) is 60.2 Å². The molecule has 1 atom stereocenters. The standard InChI is InChI=1S/C23H19Cl2N3O2/c1-14-12-19(20(29-2)13-18(14)25)26-21(15-8-4-3-5-9-15)23-28-27-22(30-23)16-10-6-7-11-17(16)24/h3-13,21,26H,1-2H3/t21-/m1/s1. The van der Waals surface area contributed by atoms with Gasteiger partial charge in [-0.15, -0.1) is 10.2 Å². The molecule has 30 heavy (non-hydrogen) atoms. The molecule has 152 valence electrons. The van der Waals surface area contributed by atoms with E-state index in [1.54, 1.807) is 19.2 Å². The Bertz CT molecular complexity index is 1160. The van der Waals surface area contributed by atoms with E-state index in [-0.39, 0.29) is 0 Å². The fraction of sp³-hybridized carbons (Fsp3) is 0.130. The maximum atomic E-state index is 6.29. The predicted molar refractivity (Wildman–Crippen MR) is 119 cm³/mol. The molecule has 0 aliphatic heterocycles. The molecular formula is C23H19Cl2N3O2. The summed E-state index contributed by atoms with van der Waals surface area (Å²) in [6.07, 6.45) is 0. The lowest BCUT2D eigenvalue weighted by atomic mass is 10.1. The second kappa shape index (κ2) is 8.78. The fourth-order valence-corrected chi connectivity index (χ4v) is 3.50. The third-order valence-corrected chi connectivity index (χ3v) is 5.44. The molecule has 3 aromatic carbocycles. The Hall–Kier alpha value is -3.02. The van der Waals surface area contributed by atoms with Gasteiger partial charge in [-0.05, 0) is 36.2 Å². The normalized spacial score (nSPS) is 11.9. The largest absolute Gasteiger partial charge is 0.495 e. The Balaban J connectivity index is 1.76. The summed E-state index contributed by atoms with van der Waals surface area (Å²) in [5.41, 5.74) is 3.34. The molecule has 0 fully saturated rings. The first-order chi connectivity index (χ1) is 14.6. The monoisotopic (exact) mass is 439 g/mol. The minimum absolute atomic E-state index is 0.359. The molecule has 1 heterocycles. The number of methoxy groups -OCH3 is 1. The maximum Gasteiger partial charge on any atom is 0.249 e. The van der Waals surface area contributed by atoms with Crippen LogP contribution in [0.4, 0.5) is 5.69 Å². The maximum absolute atomic E-state index is 6.29. The lowest BCUT2D eigenvalue weighted by Gasteiger charge is -2.20. The lowest BCUT2D eigenvalue weighted by molar-refractivity contribution is 0.415. The van der Waals surface area contributed by atoms with Crippen LogP contribution in [0.1, 0.15) is 23.1 Å². The smallest absolute Gasteiger partial charge is 0.249 e. The summed E-state index contributed by atoms with van der Waals surface area (Å²) in [5.74, 6) is 1.39. The number of aryl methyl sites for hydroxylation is 1. The van der Waals surface area contributed by atoms with E-state index in [0.717, 1.165) is 16.8 Å². The molecule has 0 unspecified atom stereocenters. The minimum Gasteiger partial charge on any atom is -0.495 e. The Morgan fingerprint density at radius 2 is 1.67 bits per heavy atom. The number of rotatable bonds is 6. The van der Waals surface area contributed by atoms with Gasteiger partial charge in [0.05, 0.1) is 23.4 Å². The molecule has 0 bridgehead atoms. The molecule has 5 nitrogen and oxygen atoms in total. The van der Waals surface area contributed by atoms with Crippen molar-refractivity contribution in [3.8, 4) is 17.2 Å². The van der Waals surface area contributed by atoms with Crippen molar-refractivity contribution in [3.63, 3.8) is 0 Å². The first-order valence-electron chi connectivity index (χ1n) is 9.30. The predicted octanol–water partition coefficient (Wildman–Crippen LogP) is 6.56. The SMILES string of the molecule is COc1cc(Cl)c(C)cc1N[C@H](c1ccccc1)c1nnc(-c2ccccc2Cl)o1. The van der Waals surface area contributed by atoms with Crippen LogP contribution in [0.3, 0.4) is 0 Å². The zero-order valence-electron chi connectivity index (χ0n) is 16.4. The highest BCUT2D eigenvalue weighted by molar-refractivity contribution is 6.33. The van der Waals surface area contributed by atoms with Gasteiger partial charge in [0.2, 0.25) is 11.8 Å². The van der Waals surface area contributed by atoms with Crippen molar-refractivity contribution < 1.29 is 9.15 Å². The number of halogens is 2. The zero-order valence-corrected chi connectivity index (χ0v) is 17.9. The third-order valence-electron chi connectivity index (χ3n) is 4.71. The van der Waals surface area contributed by atoms with Crippen LogP contribution in [-0.4, -0.2) is 17.3 Å². The van der Waals surface area contributed by atoms with Crippen LogP contribution in [0.25, 0.3) is 11.5 Å². The lowest BCUT2D eigenvalue weighted by Crippen LogP contribution is -2.13. The molecule has 0 saturated carbocycles. The van der Waals surface area contributed by atoms with Crippen molar-refractivity contribution in [1.29, 1.82) is 0 Å². The van der Waals surface area contributed by atoms with Gasteiger partial charge < -0.3 is 14.5 Å². The number of nitrogens with one attached hydrogen (secondary N) is 1. The van der Waals surface area contributed by atoms with Gasteiger partial charge in [-0.25, -0.2) is 0 Å². The number of hydrogen-bond donors (Lipinski definition) is 1. The second-order valence-corrected chi connectivity index (χ2v) is 7.53. The Labute approximate surface area is 184 Å². The number of ether oxygens (including phenoxy) is 1. The summed E-state index contributed by atoms with van der Waals surface area (Å²) in [6, 6.07) is 20.5. The van der Waals surface area contributed by atoms with Gasteiger partial charge in [-0.3, -0.25) is 0 Å². The molecule has 4 aromatic rings. The van der Waals surface area contributed by atoms with Crippen molar-refractivity contribution >= 4 is 28.9 Å². The number of benzene rings is 3. The summed E-state index contributed by atoms with van der Waals surface area (Å²) in [6.45, 7) is 1.94. The summed E-state index contributed by atoms with van der Waals surface area (Å²) < 4.78 is 11.5. The molecule has 7 heteroatoms. The van der Waals surface area contributed by atoms with Gasteiger partial charge >= 0.3 is 0 Å². The van der Waals surface area contributed by atoms with Crippen molar-refractivity contribution in [2.24, 2.45) is 0 Å². The molecule has 1 N–H and O–H groups in total. The molecule has 0 spiro atoms. The van der Waals surface area contributed by atoms with E-state index in [0.29, 0.717) is 33.1 Å². The minimum atomic E-state index is -0.399. The van der Waals surface area contributed by atoms with E-state index >= 15 is 0 Å². The van der Waals surface area contributed by atoms with Crippen LogP contribution in [-0.2, 0) is 0 Å². The average Bonchev–Trinajstić information content (AvgIpc) is 3.24. The van der Waals surface area contributed by atoms with Crippen LogP contribution in [0.2, 0.25) is 10.0 Å². The highest BCUT2D eigenvalue weighted by Gasteiger charge is 2.23. The van der Waals surface area contributed by atoms with Gasteiger partial charge in [-0.2, -0.15) is 0 Å². The van der Waals surface area contributed by atoms with Crippen LogP contribution in [0.5, 0.6) is 5.75 Å². The number of hydrogen-bond acceptors (Lipinski definition) is 5. The quantitative estimate of drug-likeness (QED) is 0.368. The van der Waals surface area contributed by atoms with E-state index in [9.17, 15) is 0 Å². The Morgan fingerprint density at radius 1 is 0.933 bits per heavy atom. The van der Waals surface area contributed by atoms with Gasteiger partial charge in [0.15, 0.2) is 0 Å². The van der Waals surface area contributed by atoms with E-state index in [1.165, 1.54) is 0 Å². The average molecular weight is 440 g/mol.